The van der Waals surface area contributed by atoms with Gasteiger partial charge in [-0.25, -0.2) is 4.39 Å². The minimum Gasteiger partial charge on any atom is -0.323 e. The van der Waals surface area contributed by atoms with Crippen LogP contribution in [0.1, 0.15) is 18.0 Å². The first-order valence-corrected chi connectivity index (χ1v) is 4.52. The van der Waals surface area contributed by atoms with Crippen LogP contribution in [0.15, 0.2) is 22.7 Å². The van der Waals surface area contributed by atoms with Crippen molar-refractivity contribution in [1.82, 2.24) is 0 Å². The molecule has 1 rings (SSSR count). The van der Waals surface area contributed by atoms with Gasteiger partial charge in [0.1, 0.15) is 5.82 Å². The smallest absolute Gasteiger partial charge is 0.124 e. The van der Waals surface area contributed by atoms with Crippen LogP contribution in [0.25, 0.3) is 0 Å². The summed E-state index contributed by atoms with van der Waals surface area (Å²) in [4.78, 5) is 0. The van der Waals surface area contributed by atoms with E-state index >= 15 is 0 Å². The number of benzene rings is 1. The molecule has 0 amide bonds. The average Bonchev–Trinajstić information content (AvgIpc) is 2.04. The molecule has 0 radical (unpaired) electrons. The molecule has 1 aromatic rings. The molecule has 1 atom stereocenters. The van der Waals surface area contributed by atoms with Crippen LogP contribution in [0.3, 0.4) is 0 Å². The quantitative estimate of drug-likeness (QED) is 0.867. The summed E-state index contributed by atoms with van der Waals surface area (Å²) < 4.78 is 13.3. The minimum atomic E-state index is -0.361. The molecule has 0 aliphatic carbocycles. The van der Waals surface area contributed by atoms with Crippen LogP contribution in [-0.4, -0.2) is 0 Å². The largest absolute Gasteiger partial charge is 0.323 e. The van der Waals surface area contributed by atoms with Crippen LogP contribution in [0.2, 0.25) is 0 Å². The monoisotopic (exact) mass is 242 g/mol. The van der Waals surface area contributed by atoms with Crippen LogP contribution < -0.4 is 5.73 Å². The van der Waals surface area contributed by atoms with E-state index in [0.717, 1.165) is 5.56 Å². The third-order valence-corrected chi connectivity index (χ3v) is 2.36. The van der Waals surface area contributed by atoms with Gasteiger partial charge in [0.2, 0.25) is 0 Å². The lowest BCUT2D eigenvalue weighted by Gasteiger charge is -2.09. The van der Waals surface area contributed by atoms with Crippen molar-refractivity contribution in [1.29, 1.82) is 5.26 Å². The fraction of sp³-hybridized carbons (Fsp3) is 0.222. The van der Waals surface area contributed by atoms with Crippen molar-refractivity contribution in [2.75, 3.05) is 0 Å². The van der Waals surface area contributed by atoms with Gasteiger partial charge in [0.15, 0.2) is 0 Å². The fourth-order valence-electron chi connectivity index (χ4n) is 1.01. The number of halogens is 2. The molecule has 4 heteroatoms. The zero-order valence-corrected chi connectivity index (χ0v) is 8.38. The van der Waals surface area contributed by atoms with Gasteiger partial charge in [-0.1, -0.05) is 22.0 Å². The average molecular weight is 243 g/mol. The van der Waals surface area contributed by atoms with Crippen LogP contribution in [0.4, 0.5) is 4.39 Å². The first kappa shape index (κ1) is 10.2. The molecule has 0 fully saturated rings. The van der Waals surface area contributed by atoms with Gasteiger partial charge in [0.25, 0.3) is 0 Å². The molecule has 0 spiro atoms. The molecule has 0 saturated heterocycles. The van der Waals surface area contributed by atoms with Crippen molar-refractivity contribution < 1.29 is 4.39 Å². The number of nitriles is 1. The number of nitrogens with two attached hydrogens (primary N) is 1. The highest BCUT2D eigenvalue weighted by molar-refractivity contribution is 9.10. The molecule has 0 aliphatic heterocycles. The van der Waals surface area contributed by atoms with Crippen molar-refractivity contribution in [3.8, 4) is 6.07 Å². The molecule has 1 aromatic carbocycles. The second-order valence-electron chi connectivity index (χ2n) is 2.63. The molecule has 13 heavy (non-hydrogen) atoms. The van der Waals surface area contributed by atoms with E-state index < -0.39 is 0 Å². The summed E-state index contributed by atoms with van der Waals surface area (Å²) in [7, 11) is 0. The molecule has 0 bridgehead atoms. The van der Waals surface area contributed by atoms with Gasteiger partial charge in [-0.2, -0.15) is 5.26 Å². The Bertz CT molecular complexity index is 346. The topological polar surface area (TPSA) is 49.8 Å². The lowest BCUT2D eigenvalue weighted by Crippen LogP contribution is -2.09. The van der Waals surface area contributed by atoms with E-state index in [2.05, 4.69) is 15.9 Å². The molecule has 0 unspecified atom stereocenters. The van der Waals surface area contributed by atoms with Gasteiger partial charge < -0.3 is 5.73 Å². The van der Waals surface area contributed by atoms with Gasteiger partial charge in [0, 0.05) is 10.5 Å². The number of rotatable bonds is 2. The van der Waals surface area contributed by atoms with Gasteiger partial charge in [-0.3, -0.25) is 0 Å². The molecule has 2 N–H and O–H groups in total. The van der Waals surface area contributed by atoms with E-state index in [0.29, 0.717) is 4.47 Å². The number of hydrogen-bond donors (Lipinski definition) is 1. The highest BCUT2D eigenvalue weighted by atomic mass is 79.9. The van der Waals surface area contributed by atoms with E-state index in [9.17, 15) is 4.39 Å². The molecule has 68 valence electrons. The number of nitrogens with zero attached hydrogens (tertiary/aromatic N) is 1. The van der Waals surface area contributed by atoms with Gasteiger partial charge >= 0.3 is 0 Å². The predicted molar refractivity (Wildman–Crippen MR) is 51.3 cm³/mol. The third-order valence-electron chi connectivity index (χ3n) is 1.67. The van der Waals surface area contributed by atoms with Crippen molar-refractivity contribution >= 4 is 15.9 Å². The van der Waals surface area contributed by atoms with Crippen LogP contribution in [-0.2, 0) is 0 Å². The molecule has 0 aliphatic rings. The normalized spacial score (nSPS) is 12.2. The van der Waals surface area contributed by atoms with Crippen molar-refractivity contribution in [2.45, 2.75) is 12.5 Å². The molecule has 0 saturated carbocycles. The first-order chi connectivity index (χ1) is 6.15. The van der Waals surface area contributed by atoms with Crippen molar-refractivity contribution in [3.63, 3.8) is 0 Å². The summed E-state index contributed by atoms with van der Waals surface area (Å²) in [5.41, 5.74) is 6.43. The van der Waals surface area contributed by atoms with E-state index in [1.807, 2.05) is 6.07 Å². The molecular weight excluding hydrogens is 235 g/mol. The zero-order chi connectivity index (χ0) is 9.84. The lowest BCUT2D eigenvalue weighted by molar-refractivity contribution is 0.623. The highest BCUT2D eigenvalue weighted by Crippen LogP contribution is 2.24. The van der Waals surface area contributed by atoms with Gasteiger partial charge in [0.05, 0.1) is 12.5 Å². The molecule has 0 heterocycles. The Morgan fingerprint density at radius 3 is 2.85 bits per heavy atom. The summed E-state index contributed by atoms with van der Waals surface area (Å²) in [6, 6.07) is 5.86. The maximum absolute atomic E-state index is 12.7. The maximum Gasteiger partial charge on any atom is 0.124 e. The zero-order valence-electron chi connectivity index (χ0n) is 6.80. The van der Waals surface area contributed by atoms with Crippen LogP contribution in [0.5, 0.6) is 0 Å². The Kier molecular flexibility index (Phi) is 3.40. The third kappa shape index (κ3) is 2.51. The predicted octanol–water partition coefficient (Wildman–Crippen LogP) is 2.50. The van der Waals surface area contributed by atoms with E-state index in [1.54, 1.807) is 6.07 Å². The fourth-order valence-corrected chi connectivity index (χ4v) is 1.66. The van der Waals surface area contributed by atoms with Crippen molar-refractivity contribution in [2.24, 2.45) is 5.73 Å². The van der Waals surface area contributed by atoms with Gasteiger partial charge in [-0.05, 0) is 17.7 Å². The van der Waals surface area contributed by atoms with E-state index in [4.69, 9.17) is 11.0 Å². The lowest BCUT2D eigenvalue weighted by atomic mass is 10.1. The summed E-state index contributed by atoms with van der Waals surface area (Å²) in [6.45, 7) is 0. The van der Waals surface area contributed by atoms with Crippen molar-refractivity contribution in [3.05, 3.63) is 34.1 Å². The Balaban J connectivity index is 2.96. The first-order valence-electron chi connectivity index (χ1n) is 3.72. The van der Waals surface area contributed by atoms with Crippen LogP contribution in [0, 0.1) is 17.1 Å². The van der Waals surface area contributed by atoms with Gasteiger partial charge in [-0.15, -0.1) is 0 Å². The summed E-state index contributed by atoms with van der Waals surface area (Å²) in [5, 5.41) is 8.42. The summed E-state index contributed by atoms with van der Waals surface area (Å²) in [6.07, 6.45) is 0.226. The van der Waals surface area contributed by atoms with Crippen LogP contribution >= 0.6 is 15.9 Å². The van der Waals surface area contributed by atoms with E-state index in [-0.39, 0.29) is 18.3 Å². The summed E-state index contributed by atoms with van der Waals surface area (Å²) in [5.74, 6) is -0.320. The molecule has 2 nitrogen and oxygen atoms in total. The Morgan fingerprint density at radius 1 is 1.62 bits per heavy atom. The Hall–Kier alpha value is -0.920. The second kappa shape index (κ2) is 4.35. The number of hydrogen-bond acceptors (Lipinski definition) is 2. The standard InChI is InChI=1S/C9H8BrFN2/c10-8-5-6(11)1-2-7(8)9(13)3-4-12/h1-2,5,9H,3,13H2/t9-/m0/s1. The Labute approximate surface area is 84.3 Å². The minimum absolute atomic E-state index is 0.226. The SMILES string of the molecule is N#CC[C@H](N)c1ccc(F)cc1Br. The Morgan fingerprint density at radius 2 is 2.31 bits per heavy atom. The molecular formula is C9H8BrFN2. The maximum atomic E-state index is 12.7. The summed E-state index contributed by atoms with van der Waals surface area (Å²) >= 11 is 3.19. The van der Waals surface area contributed by atoms with E-state index in [1.165, 1.54) is 12.1 Å². The highest BCUT2D eigenvalue weighted by Gasteiger charge is 2.09. The molecule has 0 aromatic heterocycles. The second-order valence-corrected chi connectivity index (χ2v) is 3.49.